The summed E-state index contributed by atoms with van der Waals surface area (Å²) in [6, 6.07) is 3.85. The van der Waals surface area contributed by atoms with Crippen molar-refractivity contribution in [3.63, 3.8) is 0 Å². The van der Waals surface area contributed by atoms with Crippen molar-refractivity contribution >= 4 is 22.8 Å². The summed E-state index contributed by atoms with van der Waals surface area (Å²) in [5.41, 5.74) is 3.29. The van der Waals surface area contributed by atoms with Crippen LogP contribution in [-0.2, 0) is 22.4 Å². The van der Waals surface area contributed by atoms with Crippen molar-refractivity contribution in [1.29, 1.82) is 0 Å². The molecule has 1 saturated heterocycles. The molecule has 0 saturated carbocycles. The Morgan fingerprint density at radius 1 is 1.29 bits per heavy atom. The van der Waals surface area contributed by atoms with Gasteiger partial charge in [0.25, 0.3) is 0 Å². The van der Waals surface area contributed by atoms with Crippen LogP contribution in [0.1, 0.15) is 35.6 Å². The van der Waals surface area contributed by atoms with Crippen molar-refractivity contribution in [2.45, 2.75) is 37.7 Å². The molecular weight excluding hydrogens is 272 g/mol. The number of aliphatic hydroxyl groups is 1. The lowest BCUT2D eigenvalue weighted by atomic mass is 9.92. The van der Waals surface area contributed by atoms with Gasteiger partial charge in [-0.15, -0.1) is 0 Å². The predicted molar refractivity (Wildman–Crippen MR) is 72.5 cm³/mol. The molecule has 2 aromatic rings. The van der Waals surface area contributed by atoms with Gasteiger partial charge in [-0.1, -0.05) is 11.2 Å². The van der Waals surface area contributed by atoms with Crippen molar-refractivity contribution < 1.29 is 19.2 Å². The van der Waals surface area contributed by atoms with Crippen LogP contribution in [0, 0.1) is 0 Å². The third kappa shape index (κ3) is 1.86. The molecule has 6 nitrogen and oxygen atoms in total. The number of imide groups is 1. The van der Waals surface area contributed by atoms with Gasteiger partial charge in [-0.2, -0.15) is 0 Å². The minimum atomic E-state index is -0.451. The molecule has 1 aromatic carbocycles. The first-order valence-electron chi connectivity index (χ1n) is 7.05. The minimum Gasteiger partial charge on any atom is -0.392 e. The summed E-state index contributed by atoms with van der Waals surface area (Å²) in [5.74, 6) is -1.01. The quantitative estimate of drug-likeness (QED) is 0.757. The summed E-state index contributed by atoms with van der Waals surface area (Å²) in [7, 11) is 0. The zero-order valence-corrected chi connectivity index (χ0v) is 11.3. The first-order chi connectivity index (χ1) is 10.1. The summed E-state index contributed by atoms with van der Waals surface area (Å²) in [5, 5.41) is 17.0. The lowest BCUT2D eigenvalue weighted by molar-refractivity contribution is -0.134. The Hall–Kier alpha value is -2.21. The molecule has 0 radical (unpaired) electrons. The highest BCUT2D eigenvalue weighted by Gasteiger charge is 2.33. The molecule has 2 unspecified atom stereocenters. The van der Waals surface area contributed by atoms with Crippen molar-refractivity contribution in [3.05, 3.63) is 29.0 Å². The number of carbonyl (C=O) groups excluding carboxylic acids is 2. The molecule has 1 aliphatic heterocycles. The Balaban J connectivity index is 1.80. The second kappa shape index (κ2) is 4.39. The third-order valence-corrected chi connectivity index (χ3v) is 4.33. The van der Waals surface area contributed by atoms with Crippen LogP contribution < -0.4 is 5.32 Å². The number of benzene rings is 1. The van der Waals surface area contributed by atoms with Crippen molar-refractivity contribution in [2.24, 2.45) is 0 Å². The van der Waals surface area contributed by atoms with Gasteiger partial charge in [-0.25, -0.2) is 0 Å². The maximum Gasteiger partial charge on any atom is 0.235 e. The molecular formula is C15H14N2O4. The van der Waals surface area contributed by atoms with E-state index in [0.717, 1.165) is 16.5 Å². The van der Waals surface area contributed by atoms with Crippen LogP contribution in [0.4, 0.5) is 0 Å². The predicted octanol–water partition coefficient (Wildman–Crippen LogP) is 0.807. The fourth-order valence-corrected chi connectivity index (χ4v) is 3.30. The molecule has 1 fully saturated rings. The largest absolute Gasteiger partial charge is 0.392 e. The van der Waals surface area contributed by atoms with E-state index >= 15 is 0 Å². The summed E-state index contributed by atoms with van der Waals surface area (Å²) in [4.78, 5) is 23.2. The van der Waals surface area contributed by atoms with Crippen molar-refractivity contribution in [3.8, 4) is 0 Å². The Bertz CT molecular complexity index is 764. The van der Waals surface area contributed by atoms with Gasteiger partial charge in [0, 0.05) is 23.8 Å². The number of nitrogens with zero attached hydrogens (tertiary/aromatic N) is 1. The number of aliphatic hydroxyl groups excluding tert-OH is 1. The number of rotatable bonds is 1. The number of nitrogens with one attached hydrogen (secondary N) is 1. The van der Waals surface area contributed by atoms with Gasteiger partial charge in [-0.3, -0.25) is 14.9 Å². The number of carbonyl (C=O) groups is 2. The normalized spacial score (nSPS) is 25.2. The lowest BCUT2D eigenvalue weighted by Gasteiger charge is -2.18. The van der Waals surface area contributed by atoms with Crippen LogP contribution in [-0.4, -0.2) is 28.2 Å². The number of amides is 2. The van der Waals surface area contributed by atoms with Gasteiger partial charge >= 0.3 is 0 Å². The maximum atomic E-state index is 12.0. The molecule has 1 aliphatic carbocycles. The Morgan fingerprint density at radius 3 is 2.95 bits per heavy atom. The molecule has 2 aliphatic rings. The van der Waals surface area contributed by atoms with Gasteiger partial charge in [0.2, 0.25) is 11.8 Å². The van der Waals surface area contributed by atoms with Crippen molar-refractivity contribution in [1.82, 2.24) is 10.5 Å². The summed E-state index contributed by atoms with van der Waals surface area (Å²) >= 11 is 0. The van der Waals surface area contributed by atoms with Crippen LogP contribution >= 0.6 is 0 Å². The molecule has 0 spiro atoms. The van der Waals surface area contributed by atoms with Gasteiger partial charge in [-0.05, 0) is 24.5 Å². The Morgan fingerprint density at radius 2 is 2.14 bits per heavy atom. The molecule has 2 amide bonds. The summed E-state index contributed by atoms with van der Waals surface area (Å²) in [6.07, 6.45) is 1.56. The van der Waals surface area contributed by atoms with E-state index in [1.807, 2.05) is 12.1 Å². The average molecular weight is 286 g/mol. The highest BCUT2D eigenvalue weighted by atomic mass is 16.5. The molecule has 0 bridgehead atoms. The first-order valence-corrected chi connectivity index (χ1v) is 7.05. The van der Waals surface area contributed by atoms with E-state index < -0.39 is 5.92 Å². The zero-order chi connectivity index (χ0) is 14.6. The van der Waals surface area contributed by atoms with E-state index in [4.69, 9.17) is 4.52 Å². The minimum absolute atomic E-state index is 0.243. The monoisotopic (exact) mass is 286 g/mol. The topological polar surface area (TPSA) is 92.4 Å². The van der Waals surface area contributed by atoms with Gasteiger partial charge in [0.05, 0.1) is 12.0 Å². The highest BCUT2D eigenvalue weighted by Crippen LogP contribution is 2.35. The fourth-order valence-electron chi connectivity index (χ4n) is 3.30. The Kier molecular flexibility index (Phi) is 2.62. The summed E-state index contributed by atoms with van der Waals surface area (Å²) < 4.78 is 5.44. The van der Waals surface area contributed by atoms with E-state index in [1.54, 1.807) is 0 Å². The molecule has 2 heterocycles. The van der Waals surface area contributed by atoms with Crippen LogP contribution in [0.3, 0.4) is 0 Å². The van der Waals surface area contributed by atoms with Crippen LogP contribution in [0.2, 0.25) is 0 Å². The standard InChI is InChI=1S/C15H14N2O4/c18-8-5-7-1-2-9-13(17-21-14(9)11(7)6-8)10-3-4-12(19)16-15(10)20/h1-2,8,10,18H,3-6H2,(H,16,19,20). The lowest BCUT2D eigenvalue weighted by Crippen LogP contribution is -2.39. The zero-order valence-electron chi connectivity index (χ0n) is 11.3. The Labute approximate surface area is 120 Å². The third-order valence-electron chi connectivity index (χ3n) is 4.33. The number of hydrogen-bond donors (Lipinski definition) is 2. The van der Waals surface area contributed by atoms with Crippen molar-refractivity contribution in [2.75, 3.05) is 0 Å². The van der Waals surface area contributed by atoms with Crippen LogP contribution in [0.15, 0.2) is 16.7 Å². The van der Waals surface area contributed by atoms with Gasteiger partial charge in [0.15, 0.2) is 5.58 Å². The van der Waals surface area contributed by atoms with E-state index in [-0.39, 0.29) is 17.9 Å². The van der Waals surface area contributed by atoms with Gasteiger partial charge < -0.3 is 9.63 Å². The first kappa shape index (κ1) is 12.5. The number of fused-ring (bicyclic) bond motifs is 3. The highest BCUT2D eigenvalue weighted by molar-refractivity contribution is 6.02. The van der Waals surface area contributed by atoms with E-state index in [1.165, 1.54) is 0 Å². The molecule has 2 N–H and O–H groups in total. The smallest absolute Gasteiger partial charge is 0.235 e. The van der Waals surface area contributed by atoms with Gasteiger partial charge in [0.1, 0.15) is 5.69 Å². The fraction of sp³-hybridized carbons (Fsp3) is 0.400. The average Bonchev–Trinajstić information content (AvgIpc) is 3.01. The molecule has 1 aromatic heterocycles. The molecule has 4 rings (SSSR count). The molecule has 108 valence electrons. The molecule has 21 heavy (non-hydrogen) atoms. The summed E-state index contributed by atoms with van der Waals surface area (Å²) in [6.45, 7) is 0. The molecule has 6 heteroatoms. The van der Waals surface area contributed by atoms with E-state index in [0.29, 0.717) is 37.0 Å². The van der Waals surface area contributed by atoms with E-state index in [2.05, 4.69) is 10.5 Å². The number of piperidine rings is 1. The van der Waals surface area contributed by atoms with E-state index in [9.17, 15) is 14.7 Å². The second-order valence-electron chi connectivity index (χ2n) is 5.71. The SMILES string of the molecule is O=C1CCC(c2noc3c4c(ccc23)CC(O)C4)C(=O)N1. The number of aromatic nitrogens is 1. The number of hydrogen-bond acceptors (Lipinski definition) is 5. The second-order valence-corrected chi connectivity index (χ2v) is 5.71. The van der Waals surface area contributed by atoms with Crippen LogP contribution in [0.5, 0.6) is 0 Å². The molecule has 2 atom stereocenters. The van der Waals surface area contributed by atoms with Crippen LogP contribution in [0.25, 0.3) is 11.0 Å². The maximum absolute atomic E-state index is 12.0.